The van der Waals surface area contributed by atoms with Gasteiger partial charge in [0.05, 0.1) is 4.90 Å². The van der Waals surface area contributed by atoms with Crippen molar-refractivity contribution in [2.45, 2.75) is 24.3 Å². The molecule has 198 valence electrons. The quantitative estimate of drug-likeness (QED) is 0.366. The maximum absolute atomic E-state index is 14.0. The van der Waals surface area contributed by atoms with E-state index in [1.165, 1.54) is 15.6 Å². The molecule has 1 unspecified atom stereocenters. The van der Waals surface area contributed by atoms with E-state index >= 15 is 0 Å². The van der Waals surface area contributed by atoms with E-state index < -0.39 is 10.0 Å². The minimum absolute atomic E-state index is 0.197. The summed E-state index contributed by atoms with van der Waals surface area (Å²) in [6.45, 7) is 6.22. The van der Waals surface area contributed by atoms with Gasteiger partial charge in [0.15, 0.2) is 0 Å². The Hall–Kier alpha value is -3.46. The minimum atomic E-state index is -3.78. The number of likely N-dealkylation sites (N-methyl/N-ethyl adjacent to an activating group) is 1. The Balaban J connectivity index is 1.38. The van der Waals surface area contributed by atoms with Crippen molar-refractivity contribution in [3.8, 4) is 5.75 Å². The summed E-state index contributed by atoms with van der Waals surface area (Å²) >= 11 is 0. The highest BCUT2D eigenvalue weighted by Gasteiger charge is 2.31. The van der Waals surface area contributed by atoms with Gasteiger partial charge in [-0.05, 0) is 60.9 Å². The van der Waals surface area contributed by atoms with Gasteiger partial charge in [-0.1, -0.05) is 36.4 Å². The third-order valence-electron chi connectivity index (χ3n) is 7.43. The molecule has 0 bridgehead atoms. The fourth-order valence-electron chi connectivity index (χ4n) is 5.19. The first-order valence-electron chi connectivity index (χ1n) is 12.9. The predicted octanol–water partition coefficient (Wildman–Crippen LogP) is 4.30. The van der Waals surface area contributed by atoms with Gasteiger partial charge >= 0.3 is 0 Å². The summed E-state index contributed by atoms with van der Waals surface area (Å²) in [7, 11) is -2.10. The van der Waals surface area contributed by atoms with Crippen molar-refractivity contribution in [2.75, 3.05) is 44.7 Å². The van der Waals surface area contributed by atoms with Gasteiger partial charge in [0.2, 0.25) is 10.0 Å². The molecule has 1 aromatic heterocycles. The molecule has 38 heavy (non-hydrogen) atoms. The summed E-state index contributed by atoms with van der Waals surface area (Å²) in [5.74, 6) is 0.197. The summed E-state index contributed by atoms with van der Waals surface area (Å²) in [5.41, 5.74) is 3.46. The first-order chi connectivity index (χ1) is 18.3. The molecular formula is C30H34N4O3S. The second-order valence-electron chi connectivity index (χ2n) is 10.0. The molecule has 5 rings (SSSR count). The second-order valence-corrected chi connectivity index (χ2v) is 12.0. The number of phenolic OH excluding ortho intramolecular Hbond substituents is 1. The number of rotatable bonds is 8. The van der Waals surface area contributed by atoms with Gasteiger partial charge in [0.25, 0.3) is 0 Å². The van der Waals surface area contributed by atoms with Gasteiger partial charge in [-0.25, -0.2) is 8.42 Å². The van der Waals surface area contributed by atoms with Crippen LogP contribution in [0.1, 0.15) is 11.1 Å². The largest absolute Gasteiger partial charge is 0.508 e. The monoisotopic (exact) mass is 530 g/mol. The fraction of sp³-hybridized carbons (Fsp3) is 0.300. The second kappa shape index (κ2) is 11.1. The highest BCUT2D eigenvalue weighted by Crippen LogP contribution is 2.27. The van der Waals surface area contributed by atoms with Crippen molar-refractivity contribution in [3.05, 3.63) is 96.3 Å². The smallest absolute Gasteiger partial charge is 0.243 e. The van der Waals surface area contributed by atoms with Crippen LogP contribution < -0.4 is 4.90 Å². The summed E-state index contributed by atoms with van der Waals surface area (Å²) in [5, 5.41) is 11.2. The molecule has 1 atom stereocenters. The Morgan fingerprint density at radius 3 is 2.45 bits per heavy atom. The summed E-state index contributed by atoms with van der Waals surface area (Å²) in [6, 6.07) is 22.4. The lowest BCUT2D eigenvalue weighted by molar-refractivity contribution is 0.200. The number of hydrogen-bond donors (Lipinski definition) is 1. The number of hydrogen-bond acceptors (Lipinski definition) is 6. The van der Waals surface area contributed by atoms with Crippen LogP contribution in [0, 0.1) is 6.92 Å². The van der Waals surface area contributed by atoms with E-state index in [2.05, 4.69) is 46.0 Å². The summed E-state index contributed by atoms with van der Waals surface area (Å²) in [4.78, 5) is 9.19. The van der Waals surface area contributed by atoms with Crippen molar-refractivity contribution in [1.29, 1.82) is 0 Å². The number of aryl methyl sites for hydroxylation is 1. The van der Waals surface area contributed by atoms with Crippen LogP contribution in [0.3, 0.4) is 0 Å². The molecule has 2 heterocycles. The van der Waals surface area contributed by atoms with Gasteiger partial charge in [-0.3, -0.25) is 9.88 Å². The molecule has 1 N–H and O–H groups in total. The normalized spacial score (nSPS) is 15.7. The molecule has 1 aliphatic rings. The SMILES string of the molecule is Cc1cccc(N2CCN(CC(Cc3ccc(O)cc3)N(C)S(=O)(=O)c3cccc4cnccc34)CC2)c1. The summed E-state index contributed by atoms with van der Waals surface area (Å²) < 4.78 is 29.5. The average molecular weight is 531 g/mol. The van der Waals surface area contributed by atoms with Crippen LogP contribution in [0.25, 0.3) is 10.8 Å². The first-order valence-corrected chi connectivity index (χ1v) is 14.4. The Kier molecular flexibility index (Phi) is 7.65. The Morgan fingerprint density at radius 2 is 1.71 bits per heavy atom. The maximum atomic E-state index is 14.0. The van der Waals surface area contributed by atoms with Crippen LogP contribution in [0.2, 0.25) is 0 Å². The molecule has 7 nitrogen and oxygen atoms in total. The van der Waals surface area contributed by atoms with E-state index in [0.29, 0.717) is 23.2 Å². The Labute approximate surface area is 225 Å². The van der Waals surface area contributed by atoms with Crippen LogP contribution in [-0.4, -0.2) is 73.5 Å². The van der Waals surface area contributed by atoms with Crippen LogP contribution in [0.5, 0.6) is 5.75 Å². The lowest BCUT2D eigenvalue weighted by atomic mass is 10.0. The molecular weight excluding hydrogens is 496 g/mol. The molecule has 0 spiro atoms. The molecule has 1 aliphatic heterocycles. The number of fused-ring (bicyclic) bond motifs is 1. The van der Waals surface area contributed by atoms with E-state index in [0.717, 1.165) is 37.1 Å². The third-order valence-corrected chi connectivity index (χ3v) is 9.40. The third kappa shape index (κ3) is 5.67. The molecule has 1 saturated heterocycles. The van der Waals surface area contributed by atoms with E-state index in [4.69, 9.17) is 0 Å². The molecule has 0 amide bonds. The zero-order valence-electron chi connectivity index (χ0n) is 21.9. The van der Waals surface area contributed by atoms with Crippen LogP contribution in [-0.2, 0) is 16.4 Å². The highest BCUT2D eigenvalue weighted by atomic mass is 32.2. The lowest BCUT2D eigenvalue weighted by Crippen LogP contribution is -2.52. The maximum Gasteiger partial charge on any atom is 0.243 e. The van der Waals surface area contributed by atoms with Gasteiger partial charge in [-0.15, -0.1) is 0 Å². The van der Waals surface area contributed by atoms with Gasteiger partial charge in [-0.2, -0.15) is 4.31 Å². The molecule has 1 fully saturated rings. The number of pyridine rings is 1. The number of nitrogens with zero attached hydrogens (tertiary/aromatic N) is 4. The van der Waals surface area contributed by atoms with Crippen molar-refractivity contribution >= 4 is 26.5 Å². The number of sulfonamides is 1. The highest BCUT2D eigenvalue weighted by molar-refractivity contribution is 7.89. The Morgan fingerprint density at radius 1 is 0.974 bits per heavy atom. The Bertz CT molecular complexity index is 1490. The lowest BCUT2D eigenvalue weighted by Gasteiger charge is -2.39. The zero-order valence-corrected chi connectivity index (χ0v) is 22.7. The van der Waals surface area contributed by atoms with E-state index in [1.807, 2.05) is 18.2 Å². The fourth-order valence-corrected chi connectivity index (χ4v) is 6.75. The average Bonchev–Trinajstić information content (AvgIpc) is 2.93. The number of piperazine rings is 1. The van der Waals surface area contributed by atoms with E-state index in [-0.39, 0.29) is 11.8 Å². The molecule has 3 aromatic carbocycles. The molecule has 4 aromatic rings. The van der Waals surface area contributed by atoms with E-state index in [9.17, 15) is 13.5 Å². The number of benzene rings is 3. The van der Waals surface area contributed by atoms with E-state index in [1.54, 1.807) is 49.8 Å². The van der Waals surface area contributed by atoms with Gasteiger partial charge in [0, 0.05) is 74.7 Å². The summed E-state index contributed by atoms with van der Waals surface area (Å²) in [6.07, 6.45) is 3.86. The first kappa shape index (κ1) is 26.2. The number of aromatic hydroxyl groups is 1. The van der Waals surface area contributed by atoms with Gasteiger partial charge < -0.3 is 10.0 Å². The standard InChI is InChI=1S/C30H34N4O3S/c1-23-5-3-7-26(19-23)34-17-15-33(16-18-34)22-27(20-24-9-11-28(35)12-10-24)32(2)38(36,37)30-8-4-6-25-21-31-14-13-29(25)30/h3-14,19,21,27,35H,15-18,20,22H2,1-2H3. The zero-order chi connectivity index (χ0) is 26.7. The van der Waals surface area contributed by atoms with Crippen molar-refractivity contribution in [3.63, 3.8) is 0 Å². The minimum Gasteiger partial charge on any atom is -0.508 e. The van der Waals surface area contributed by atoms with Crippen LogP contribution in [0.4, 0.5) is 5.69 Å². The van der Waals surface area contributed by atoms with Crippen molar-refractivity contribution in [1.82, 2.24) is 14.2 Å². The molecule has 0 aliphatic carbocycles. The number of phenols is 1. The predicted molar refractivity (Wildman–Crippen MR) is 152 cm³/mol. The molecule has 0 saturated carbocycles. The molecule has 8 heteroatoms. The van der Waals surface area contributed by atoms with Crippen LogP contribution in [0.15, 0.2) is 90.1 Å². The molecule has 0 radical (unpaired) electrons. The van der Waals surface area contributed by atoms with Crippen LogP contribution >= 0.6 is 0 Å². The topological polar surface area (TPSA) is 77.0 Å². The van der Waals surface area contributed by atoms with Crippen molar-refractivity contribution in [2.24, 2.45) is 0 Å². The number of aromatic nitrogens is 1. The van der Waals surface area contributed by atoms with Gasteiger partial charge in [0.1, 0.15) is 5.75 Å². The van der Waals surface area contributed by atoms with Crippen molar-refractivity contribution < 1.29 is 13.5 Å². The number of anilines is 1.